The molecule has 3 aliphatic rings. The van der Waals surface area contributed by atoms with E-state index in [0.717, 1.165) is 29.6 Å². The van der Waals surface area contributed by atoms with E-state index in [2.05, 4.69) is 10.3 Å². The van der Waals surface area contributed by atoms with Gasteiger partial charge in [-0.2, -0.15) is 0 Å². The van der Waals surface area contributed by atoms with Crippen LogP contribution in [0.2, 0.25) is 0 Å². The Hall–Kier alpha value is -2.34. The molecule has 2 aliphatic carbocycles. The molecule has 26 heavy (non-hydrogen) atoms. The van der Waals surface area contributed by atoms with Crippen molar-refractivity contribution in [1.82, 2.24) is 15.2 Å². The lowest BCUT2D eigenvalue weighted by atomic mass is 9.82. The summed E-state index contributed by atoms with van der Waals surface area (Å²) in [5, 5.41) is 13.5. The van der Waals surface area contributed by atoms with E-state index < -0.39 is 0 Å². The van der Waals surface area contributed by atoms with Gasteiger partial charge in [-0.15, -0.1) is 0 Å². The van der Waals surface area contributed by atoms with E-state index in [0.29, 0.717) is 31.1 Å². The van der Waals surface area contributed by atoms with E-state index in [1.807, 2.05) is 35.4 Å². The average Bonchev–Trinajstić information content (AvgIpc) is 2.99. The van der Waals surface area contributed by atoms with E-state index in [4.69, 9.17) is 0 Å². The van der Waals surface area contributed by atoms with Gasteiger partial charge in [-0.05, 0) is 24.5 Å². The van der Waals surface area contributed by atoms with Gasteiger partial charge in [0.25, 0.3) is 0 Å². The minimum Gasteiger partial charge on any atom is -0.393 e. The highest BCUT2D eigenvalue weighted by molar-refractivity contribution is 5.89. The lowest BCUT2D eigenvalue weighted by molar-refractivity contribution is -0.131. The minimum atomic E-state index is -0.304. The monoisotopic (exact) mass is 353 g/mol. The highest BCUT2D eigenvalue weighted by Gasteiger charge is 2.57. The maximum Gasteiger partial charge on any atom is 0.227 e. The molecule has 2 aromatic rings. The molecule has 6 heteroatoms. The van der Waals surface area contributed by atoms with Gasteiger partial charge in [0.05, 0.1) is 12.5 Å². The highest BCUT2D eigenvalue weighted by atomic mass is 16.3. The van der Waals surface area contributed by atoms with Crippen LogP contribution < -0.4 is 5.32 Å². The molecule has 1 aromatic heterocycles. The molecule has 3 N–H and O–H groups in total. The number of para-hydroxylation sites is 1. The number of carbonyl (C=O) groups is 2. The van der Waals surface area contributed by atoms with Gasteiger partial charge in [0.15, 0.2) is 0 Å². The van der Waals surface area contributed by atoms with E-state index in [-0.39, 0.29) is 29.9 Å². The van der Waals surface area contributed by atoms with Gasteiger partial charge >= 0.3 is 0 Å². The van der Waals surface area contributed by atoms with Crippen molar-refractivity contribution >= 4 is 22.7 Å². The second-order valence-electron chi connectivity index (χ2n) is 8.02. The number of aliphatic hydroxyl groups excluding tert-OH is 1. The van der Waals surface area contributed by atoms with Crippen molar-refractivity contribution in [1.29, 1.82) is 0 Å². The van der Waals surface area contributed by atoms with Crippen LogP contribution in [0.15, 0.2) is 30.5 Å². The van der Waals surface area contributed by atoms with Crippen LogP contribution in [-0.2, 0) is 16.0 Å². The highest BCUT2D eigenvalue weighted by Crippen LogP contribution is 2.46. The van der Waals surface area contributed by atoms with Gasteiger partial charge in [-0.25, -0.2) is 0 Å². The zero-order chi connectivity index (χ0) is 17.8. The van der Waals surface area contributed by atoms with Gasteiger partial charge < -0.3 is 20.3 Å². The number of hydrogen-bond donors (Lipinski definition) is 3. The average molecular weight is 353 g/mol. The first-order valence-electron chi connectivity index (χ1n) is 9.41. The number of aliphatic hydroxyl groups is 1. The lowest BCUT2D eigenvalue weighted by Gasteiger charge is -2.30. The number of nitrogens with one attached hydrogen (secondary N) is 2. The Morgan fingerprint density at radius 2 is 1.92 bits per heavy atom. The standard InChI is InChI=1S/C20H23N3O3/c24-13-5-11(6-13)20(26)22-19-15-9-23(10-16(15)19)18(25)7-12-8-21-17-4-2-1-3-14(12)17/h1-4,8,11,13,15-16,19,21,24H,5-7,9-10H2,(H,22,26)/t11?,13?,15-,16+,19?. The number of aromatic nitrogens is 1. The number of piperidine rings is 1. The summed E-state index contributed by atoms with van der Waals surface area (Å²) >= 11 is 0. The normalized spacial score (nSPS) is 32.2. The predicted octanol–water partition coefficient (Wildman–Crippen LogP) is 1.05. The first-order chi connectivity index (χ1) is 12.6. The largest absolute Gasteiger partial charge is 0.393 e. The van der Waals surface area contributed by atoms with Crippen molar-refractivity contribution in [2.24, 2.45) is 17.8 Å². The number of hydrogen-bond acceptors (Lipinski definition) is 3. The molecule has 1 aromatic carbocycles. The fourth-order valence-corrected chi connectivity index (χ4v) is 4.58. The van der Waals surface area contributed by atoms with Gasteiger partial charge in [-0.1, -0.05) is 18.2 Å². The number of likely N-dealkylation sites (tertiary alicyclic amines) is 1. The topological polar surface area (TPSA) is 85.4 Å². The van der Waals surface area contributed by atoms with Gasteiger partial charge in [0, 0.05) is 54.0 Å². The van der Waals surface area contributed by atoms with E-state index in [1.165, 1.54) is 0 Å². The molecule has 2 heterocycles. The van der Waals surface area contributed by atoms with E-state index in [9.17, 15) is 14.7 Å². The third kappa shape index (κ3) is 2.60. The summed E-state index contributed by atoms with van der Waals surface area (Å²) in [5.41, 5.74) is 2.10. The molecule has 0 bridgehead atoms. The maximum absolute atomic E-state index is 12.6. The zero-order valence-electron chi connectivity index (χ0n) is 14.5. The van der Waals surface area contributed by atoms with Crippen LogP contribution in [0, 0.1) is 17.8 Å². The molecule has 2 amide bonds. The van der Waals surface area contributed by atoms with Crippen LogP contribution in [0.25, 0.3) is 10.9 Å². The van der Waals surface area contributed by atoms with Crippen LogP contribution in [0.5, 0.6) is 0 Å². The molecule has 6 nitrogen and oxygen atoms in total. The molecular formula is C20H23N3O3. The van der Waals surface area contributed by atoms with Crippen LogP contribution in [0.3, 0.4) is 0 Å². The van der Waals surface area contributed by atoms with Gasteiger partial charge in [-0.3, -0.25) is 9.59 Å². The van der Waals surface area contributed by atoms with Crippen molar-refractivity contribution in [3.05, 3.63) is 36.0 Å². The second kappa shape index (κ2) is 5.84. The number of benzene rings is 1. The second-order valence-corrected chi connectivity index (χ2v) is 8.02. The summed E-state index contributed by atoms with van der Waals surface area (Å²) in [7, 11) is 0. The summed E-state index contributed by atoms with van der Waals surface area (Å²) in [5.74, 6) is 1.01. The molecule has 1 unspecified atom stereocenters. The van der Waals surface area contributed by atoms with Crippen LogP contribution in [0.1, 0.15) is 18.4 Å². The number of H-pyrrole nitrogens is 1. The van der Waals surface area contributed by atoms with E-state index >= 15 is 0 Å². The van der Waals surface area contributed by atoms with Crippen molar-refractivity contribution in [3.63, 3.8) is 0 Å². The molecular weight excluding hydrogens is 330 g/mol. The van der Waals surface area contributed by atoms with E-state index in [1.54, 1.807) is 0 Å². The van der Waals surface area contributed by atoms with Gasteiger partial charge in [0.1, 0.15) is 0 Å². The number of nitrogens with zero attached hydrogens (tertiary/aromatic N) is 1. The molecule has 2 saturated carbocycles. The molecule has 136 valence electrons. The maximum atomic E-state index is 12.6. The summed E-state index contributed by atoms with van der Waals surface area (Å²) in [4.78, 5) is 29.9. The number of amides is 2. The molecule has 5 rings (SSSR count). The van der Waals surface area contributed by atoms with Crippen LogP contribution >= 0.6 is 0 Å². The Morgan fingerprint density at radius 1 is 1.19 bits per heavy atom. The van der Waals surface area contributed by atoms with Crippen molar-refractivity contribution in [2.75, 3.05) is 13.1 Å². The number of rotatable bonds is 4. The Morgan fingerprint density at radius 3 is 2.65 bits per heavy atom. The van der Waals surface area contributed by atoms with Crippen molar-refractivity contribution in [3.8, 4) is 0 Å². The Kier molecular flexibility index (Phi) is 3.57. The fraction of sp³-hybridized carbons (Fsp3) is 0.500. The summed E-state index contributed by atoms with van der Waals surface area (Å²) < 4.78 is 0. The van der Waals surface area contributed by atoms with Crippen molar-refractivity contribution < 1.29 is 14.7 Å². The minimum absolute atomic E-state index is 0.0223. The van der Waals surface area contributed by atoms with Gasteiger partial charge in [0.2, 0.25) is 11.8 Å². The molecule has 3 atom stereocenters. The molecule has 1 saturated heterocycles. The lowest BCUT2D eigenvalue weighted by Crippen LogP contribution is -2.44. The summed E-state index contributed by atoms with van der Waals surface area (Å²) in [6.45, 7) is 1.48. The SMILES string of the molecule is O=C(NC1[C@H]2CN(C(=O)Cc3c[nH]c4ccccc34)C[C@@H]12)C1CC(O)C1. The van der Waals surface area contributed by atoms with Crippen molar-refractivity contribution in [2.45, 2.75) is 31.4 Å². The van der Waals surface area contributed by atoms with Crippen LogP contribution in [0.4, 0.5) is 0 Å². The quantitative estimate of drug-likeness (QED) is 0.768. The Bertz CT molecular complexity index is 858. The number of aromatic amines is 1. The first-order valence-corrected chi connectivity index (χ1v) is 9.41. The number of fused-ring (bicyclic) bond motifs is 2. The predicted molar refractivity (Wildman–Crippen MR) is 96.2 cm³/mol. The molecule has 3 fully saturated rings. The van der Waals surface area contributed by atoms with Crippen LogP contribution in [-0.4, -0.2) is 52.0 Å². The smallest absolute Gasteiger partial charge is 0.227 e. The molecule has 0 radical (unpaired) electrons. The summed E-state index contributed by atoms with van der Waals surface area (Å²) in [6, 6.07) is 8.25. The third-order valence-corrected chi connectivity index (χ3v) is 6.36. The molecule has 0 spiro atoms. The summed E-state index contributed by atoms with van der Waals surface area (Å²) in [6.07, 6.45) is 3.21. The first kappa shape index (κ1) is 15.9. The third-order valence-electron chi connectivity index (χ3n) is 6.36. The zero-order valence-corrected chi connectivity index (χ0v) is 14.5. The fourth-order valence-electron chi connectivity index (χ4n) is 4.58. The Balaban J connectivity index is 1.15. The number of carbonyl (C=O) groups excluding carboxylic acids is 2. The molecule has 1 aliphatic heterocycles. The Labute approximate surface area is 151 Å².